The molecule has 0 aliphatic rings. The molecule has 3 rings (SSSR count). The van der Waals surface area contributed by atoms with Gasteiger partial charge in [-0.05, 0) is 35.9 Å². The molecule has 0 radical (unpaired) electrons. The summed E-state index contributed by atoms with van der Waals surface area (Å²) in [5.41, 5.74) is 1.30. The lowest BCUT2D eigenvalue weighted by Crippen LogP contribution is -2.03. The molecule has 0 fully saturated rings. The van der Waals surface area contributed by atoms with Crippen LogP contribution in [-0.4, -0.2) is 10.8 Å². The van der Waals surface area contributed by atoms with Crippen LogP contribution in [0.4, 0.5) is 13.2 Å². The first-order valence-electron chi connectivity index (χ1n) is 6.28. The minimum atomic E-state index is -0.985. The highest BCUT2D eigenvalue weighted by Crippen LogP contribution is 2.21. The lowest BCUT2D eigenvalue weighted by atomic mass is 10.0. The van der Waals surface area contributed by atoms with Crippen molar-refractivity contribution in [3.63, 3.8) is 0 Å². The Labute approximate surface area is 118 Å². The Bertz CT molecular complexity index is 839. The van der Waals surface area contributed by atoms with Gasteiger partial charge in [0.1, 0.15) is 5.82 Å². The minimum Gasteiger partial charge on any atom is -0.360 e. The summed E-state index contributed by atoms with van der Waals surface area (Å²) in [5, 5.41) is 0.601. The fourth-order valence-electron chi connectivity index (χ4n) is 2.26. The van der Waals surface area contributed by atoms with Gasteiger partial charge in [-0.15, -0.1) is 0 Å². The Morgan fingerprint density at radius 2 is 1.81 bits per heavy atom. The number of ketones is 1. The summed E-state index contributed by atoms with van der Waals surface area (Å²) in [4.78, 5) is 15.1. The van der Waals surface area contributed by atoms with Gasteiger partial charge in [0.05, 0.1) is 0 Å². The fourth-order valence-corrected chi connectivity index (χ4v) is 2.26. The molecule has 0 saturated heterocycles. The summed E-state index contributed by atoms with van der Waals surface area (Å²) >= 11 is 0. The molecule has 0 aliphatic carbocycles. The summed E-state index contributed by atoms with van der Waals surface area (Å²) in [6.07, 6.45) is 1.44. The summed E-state index contributed by atoms with van der Waals surface area (Å²) in [6, 6.07) is 7.43. The number of carbonyl (C=O) groups is 1. The molecule has 0 unspecified atom stereocenters. The maximum absolute atomic E-state index is 13.1. The molecule has 21 heavy (non-hydrogen) atoms. The third-order valence-electron chi connectivity index (χ3n) is 3.29. The predicted octanol–water partition coefficient (Wildman–Crippen LogP) is 4.01. The molecule has 0 amide bonds. The van der Waals surface area contributed by atoms with Crippen LogP contribution in [0.1, 0.15) is 15.9 Å². The Balaban J connectivity index is 1.91. The molecule has 0 saturated carbocycles. The van der Waals surface area contributed by atoms with Crippen molar-refractivity contribution in [1.82, 2.24) is 4.98 Å². The van der Waals surface area contributed by atoms with Crippen LogP contribution in [0.2, 0.25) is 0 Å². The van der Waals surface area contributed by atoms with Crippen LogP contribution in [0.5, 0.6) is 0 Å². The summed E-state index contributed by atoms with van der Waals surface area (Å²) in [6.45, 7) is 0. The number of fused-ring (bicyclic) bond motifs is 1. The molecule has 2 nitrogen and oxygen atoms in total. The zero-order valence-electron chi connectivity index (χ0n) is 10.8. The Hall–Kier alpha value is -2.56. The number of hydrogen-bond acceptors (Lipinski definition) is 1. The van der Waals surface area contributed by atoms with Crippen molar-refractivity contribution in [2.75, 3.05) is 0 Å². The highest BCUT2D eigenvalue weighted by atomic mass is 19.2. The maximum atomic E-state index is 13.1. The Morgan fingerprint density at radius 3 is 2.57 bits per heavy atom. The van der Waals surface area contributed by atoms with E-state index < -0.39 is 17.5 Å². The SMILES string of the molecule is O=C(Cc1ccc(F)c(F)c1)c1c[nH]c2cc(F)ccc12. The highest BCUT2D eigenvalue weighted by Gasteiger charge is 2.14. The smallest absolute Gasteiger partial charge is 0.169 e. The van der Waals surface area contributed by atoms with Gasteiger partial charge in [0, 0.05) is 29.1 Å². The molecule has 1 N–H and O–H groups in total. The predicted molar refractivity (Wildman–Crippen MR) is 72.6 cm³/mol. The van der Waals surface area contributed by atoms with E-state index >= 15 is 0 Å². The second kappa shape index (κ2) is 5.09. The number of hydrogen-bond donors (Lipinski definition) is 1. The van der Waals surface area contributed by atoms with Crippen molar-refractivity contribution in [1.29, 1.82) is 0 Å². The zero-order valence-corrected chi connectivity index (χ0v) is 10.8. The van der Waals surface area contributed by atoms with E-state index in [-0.39, 0.29) is 12.2 Å². The van der Waals surface area contributed by atoms with Crippen LogP contribution in [0.25, 0.3) is 10.9 Å². The number of Topliss-reactive ketones (excluding diaryl/α,β-unsaturated/α-hetero) is 1. The number of rotatable bonds is 3. The summed E-state index contributed by atoms with van der Waals surface area (Å²) in [7, 11) is 0. The molecule has 0 aliphatic heterocycles. The molecule has 0 bridgehead atoms. The van der Waals surface area contributed by atoms with E-state index in [1.165, 1.54) is 30.5 Å². The van der Waals surface area contributed by atoms with Gasteiger partial charge in [-0.3, -0.25) is 4.79 Å². The van der Waals surface area contributed by atoms with Gasteiger partial charge < -0.3 is 4.98 Å². The maximum Gasteiger partial charge on any atom is 0.169 e. The fraction of sp³-hybridized carbons (Fsp3) is 0.0625. The summed E-state index contributed by atoms with van der Waals surface area (Å²) in [5.74, 6) is -2.59. The van der Waals surface area contributed by atoms with Crippen LogP contribution in [0.15, 0.2) is 42.6 Å². The molecule has 1 aromatic heterocycles. The van der Waals surface area contributed by atoms with Gasteiger partial charge >= 0.3 is 0 Å². The van der Waals surface area contributed by atoms with Gasteiger partial charge in [0.2, 0.25) is 0 Å². The van der Waals surface area contributed by atoms with Crippen LogP contribution < -0.4 is 0 Å². The minimum absolute atomic E-state index is 0.0540. The van der Waals surface area contributed by atoms with E-state index in [0.29, 0.717) is 22.0 Å². The molecular formula is C16H10F3NO. The van der Waals surface area contributed by atoms with E-state index in [4.69, 9.17) is 0 Å². The van der Waals surface area contributed by atoms with Crippen molar-refractivity contribution in [3.05, 3.63) is 71.2 Å². The lowest BCUT2D eigenvalue weighted by molar-refractivity contribution is 0.0994. The molecule has 3 aromatic rings. The first-order valence-corrected chi connectivity index (χ1v) is 6.28. The molecule has 2 aromatic carbocycles. The molecule has 0 atom stereocenters. The average Bonchev–Trinajstić information content (AvgIpc) is 2.85. The third kappa shape index (κ3) is 2.54. The molecular weight excluding hydrogens is 279 g/mol. The topological polar surface area (TPSA) is 32.9 Å². The number of benzene rings is 2. The van der Waals surface area contributed by atoms with Crippen molar-refractivity contribution in [2.45, 2.75) is 6.42 Å². The molecule has 0 spiro atoms. The van der Waals surface area contributed by atoms with Crippen molar-refractivity contribution < 1.29 is 18.0 Å². The van der Waals surface area contributed by atoms with Crippen molar-refractivity contribution in [3.8, 4) is 0 Å². The Kier molecular flexibility index (Phi) is 3.25. The van der Waals surface area contributed by atoms with E-state index in [1.54, 1.807) is 0 Å². The molecule has 5 heteroatoms. The number of aromatic nitrogens is 1. The van der Waals surface area contributed by atoms with E-state index in [0.717, 1.165) is 12.1 Å². The third-order valence-corrected chi connectivity index (χ3v) is 3.29. The second-order valence-corrected chi connectivity index (χ2v) is 4.74. The van der Waals surface area contributed by atoms with Crippen molar-refractivity contribution >= 4 is 16.7 Å². The van der Waals surface area contributed by atoms with Gasteiger partial charge in [-0.2, -0.15) is 0 Å². The van der Waals surface area contributed by atoms with Crippen LogP contribution in [0, 0.1) is 17.5 Å². The van der Waals surface area contributed by atoms with Crippen LogP contribution in [-0.2, 0) is 6.42 Å². The molecule has 1 heterocycles. The standard InChI is InChI=1S/C16H10F3NO/c17-10-2-3-11-12(8-20-15(11)7-10)16(21)6-9-1-4-13(18)14(19)5-9/h1-5,7-8,20H,6H2. The number of nitrogens with one attached hydrogen (secondary N) is 1. The number of H-pyrrole nitrogens is 1. The van der Waals surface area contributed by atoms with Crippen LogP contribution >= 0.6 is 0 Å². The van der Waals surface area contributed by atoms with Crippen molar-refractivity contribution in [2.24, 2.45) is 0 Å². The average molecular weight is 289 g/mol. The first kappa shape index (κ1) is 13.4. The lowest BCUT2D eigenvalue weighted by Gasteiger charge is -2.01. The number of carbonyl (C=O) groups excluding carboxylic acids is 1. The van der Waals surface area contributed by atoms with E-state index in [2.05, 4.69) is 4.98 Å². The van der Waals surface area contributed by atoms with Gasteiger partial charge in [0.25, 0.3) is 0 Å². The first-order chi connectivity index (χ1) is 10.0. The zero-order chi connectivity index (χ0) is 15.0. The highest BCUT2D eigenvalue weighted by molar-refractivity contribution is 6.08. The molecule has 106 valence electrons. The monoisotopic (exact) mass is 289 g/mol. The second-order valence-electron chi connectivity index (χ2n) is 4.74. The normalized spacial score (nSPS) is 11.0. The van der Waals surface area contributed by atoms with Gasteiger partial charge in [0.15, 0.2) is 17.4 Å². The van der Waals surface area contributed by atoms with Gasteiger partial charge in [-0.1, -0.05) is 6.07 Å². The quantitative estimate of drug-likeness (QED) is 0.726. The summed E-state index contributed by atoms with van der Waals surface area (Å²) < 4.78 is 39.1. The number of aromatic amines is 1. The van der Waals surface area contributed by atoms with E-state index in [1.807, 2.05) is 0 Å². The van der Waals surface area contributed by atoms with Gasteiger partial charge in [-0.25, -0.2) is 13.2 Å². The van der Waals surface area contributed by atoms with Crippen LogP contribution in [0.3, 0.4) is 0 Å². The Morgan fingerprint density at radius 1 is 1.00 bits per heavy atom. The largest absolute Gasteiger partial charge is 0.360 e. The number of halogens is 3. The van der Waals surface area contributed by atoms with E-state index in [9.17, 15) is 18.0 Å².